The lowest BCUT2D eigenvalue weighted by molar-refractivity contribution is -0.169. The molecule has 10 aliphatic heterocycles. The Hall–Kier alpha value is -2.45. The maximum absolute atomic E-state index is 15.3. The molecule has 10 aliphatic rings. The summed E-state index contributed by atoms with van der Waals surface area (Å²) in [6.07, 6.45) is -5.59. The number of para-hydroxylation sites is 2. The molecular formula is C32H32N6O7S5. The van der Waals surface area contributed by atoms with Gasteiger partial charge >= 0.3 is 0 Å². The van der Waals surface area contributed by atoms with Crippen LogP contribution in [-0.4, -0.2) is 123 Å². The van der Waals surface area contributed by atoms with Crippen LogP contribution in [0.25, 0.3) is 0 Å². The molecule has 0 aromatic heterocycles. The van der Waals surface area contributed by atoms with Crippen LogP contribution in [0.3, 0.4) is 0 Å². The minimum absolute atomic E-state index is 0.317. The van der Waals surface area contributed by atoms with Gasteiger partial charge in [-0.3, -0.25) is 29.0 Å². The number of carbonyl (C=O) groups excluding carboxylic acids is 4. The molecule has 0 radical (unpaired) electrons. The maximum atomic E-state index is 15.3. The minimum atomic E-state index is -1.88. The average molecular weight is 773 g/mol. The topological polar surface area (TPSA) is 166 Å². The fraction of sp³-hybridized carbons (Fsp3) is 0.500. The molecule has 4 amide bonds. The molecule has 2 aromatic carbocycles. The molecule has 0 aliphatic carbocycles. The molecule has 5 N–H and O–H groups in total. The first-order valence-electron chi connectivity index (χ1n) is 16.2. The summed E-state index contributed by atoms with van der Waals surface area (Å²) in [4.78, 5) is 58.8. The van der Waals surface area contributed by atoms with E-state index in [-0.39, 0.29) is 11.8 Å². The van der Waals surface area contributed by atoms with Crippen molar-refractivity contribution in [1.82, 2.24) is 19.6 Å². The highest BCUT2D eigenvalue weighted by Crippen LogP contribution is 2.78. The van der Waals surface area contributed by atoms with Crippen LogP contribution >= 0.6 is 53.0 Å². The molecule has 0 unspecified atom stereocenters. The van der Waals surface area contributed by atoms with Gasteiger partial charge < -0.3 is 35.8 Å². The molecule has 0 saturated carbocycles. The summed E-state index contributed by atoms with van der Waals surface area (Å²) < 4.78 is 0. The highest BCUT2D eigenvalue weighted by Gasteiger charge is 2.92. The summed E-state index contributed by atoms with van der Waals surface area (Å²) in [5, 5.41) is 44.7. The number of likely N-dealkylation sites (N-methyl/N-ethyl adjacent to an activating group) is 2. The first-order valence-corrected chi connectivity index (χ1v) is 21.8. The maximum Gasteiger partial charge on any atom is 0.265 e. The molecule has 8 fully saturated rings. The lowest BCUT2D eigenvalue weighted by Crippen LogP contribution is -2.79. The third kappa shape index (κ3) is 2.77. The van der Waals surface area contributed by atoms with Gasteiger partial charge in [0.2, 0.25) is 14.6 Å². The van der Waals surface area contributed by atoms with Gasteiger partial charge in [0.05, 0.1) is 17.4 Å². The number of aliphatic hydroxyl groups is 3. The van der Waals surface area contributed by atoms with Crippen LogP contribution in [0.2, 0.25) is 0 Å². The number of piperazine rings is 2. The van der Waals surface area contributed by atoms with Crippen LogP contribution in [-0.2, 0) is 30.0 Å². The highest BCUT2D eigenvalue weighted by molar-refractivity contribution is 9.10. The summed E-state index contributed by atoms with van der Waals surface area (Å²) in [6.45, 7) is 3.14. The van der Waals surface area contributed by atoms with E-state index in [0.29, 0.717) is 22.5 Å². The van der Waals surface area contributed by atoms with E-state index in [0.717, 1.165) is 32.4 Å². The summed E-state index contributed by atoms with van der Waals surface area (Å²) in [6, 6.07) is 14.6. The Balaban J connectivity index is 1.34. The average Bonchev–Trinajstić information content (AvgIpc) is 3.70. The van der Waals surface area contributed by atoms with Crippen molar-refractivity contribution in [3.05, 3.63) is 59.7 Å². The van der Waals surface area contributed by atoms with E-state index in [2.05, 4.69) is 10.6 Å². The Labute approximate surface area is 306 Å². The van der Waals surface area contributed by atoms with Crippen molar-refractivity contribution in [2.75, 3.05) is 31.3 Å². The van der Waals surface area contributed by atoms with Crippen LogP contribution in [0.1, 0.15) is 25.0 Å². The third-order valence-corrected chi connectivity index (χ3v) is 21.6. The van der Waals surface area contributed by atoms with Gasteiger partial charge in [0, 0.05) is 25.5 Å². The van der Waals surface area contributed by atoms with E-state index < -0.39 is 79.2 Å². The molecule has 10 heterocycles. The van der Waals surface area contributed by atoms with Crippen molar-refractivity contribution in [1.29, 1.82) is 0 Å². The normalized spacial score (nSPS) is 44.6. The Morgan fingerprint density at radius 1 is 0.700 bits per heavy atom. The Kier molecular flexibility index (Phi) is 6.16. The van der Waals surface area contributed by atoms with Gasteiger partial charge in [-0.1, -0.05) is 50.2 Å². The van der Waals surface area contributed by atoms with Crippen molar-refractivity contribution in [3.8, 4) is 0 Å². The van der Waals surface area contributed by atoms with Gasteiger partial charge in [0.1, 0.15) is 24.5 Å². The number of carbonyl (C=O) groups is 4. The third-order valence-electron chi connectivity index (χ3n) is 12.7. The molecule has 50 heavy (non-hydrogen) atoms. The lowest BCUT2D eigenvalue weighted by Gasteiger charge is -2.58. The van der Waals surface area contributed by atoms with E-state index in [1.807, 2.05) is 56.3 Å². The van der Waals surface area contributed by atoms with E-state index in [1.165, 1.54) is 47.3 Å². The quantitative estimate of drug-likeness (QED) is 0.286. The first kappa shape index (κ1) is 32.2. The number of fused-ring (bicyclic) bond motifs is 12. The first-order chi connectivity index (χ1) is 23.8. The predicted octanol–water partition coefficient (Wildman–Crippen LogP) is 1.59. The van der Waals surface area contributed by atoms with Gasteiger partial charge in [-0.05, 0) is 82.2 Å². The zero-order valence-corrected chi connectivity index (χ0v) is 31.1. The van der Waals surface area contributed by atoms with Crippen LogP contribution in [0.4, 0.5) is 11.4 Å². The number of hydrogen-bond donors (Lipinski definition) is 5. The molecule has 4 bridgehead atoms. The number of hydrogen-bond acceptors (Lipinski definition) is 14. The predicted molar refractivity (Wildman–Crippen MR) is 193 cm³/mol. The second kappa shape index (κ2) is 9.55. The number of amides is 4. The SMILES string of the molecule is CC(C)[C@@]12SSS[C@]3(C(=O)N1C)[C@@H](O)[C@]1([C@]45c6ccccc6N[C@H]4N4C(=O)[C@]6(CO)SS[C@]4(C(=O)N6C)[C@H]5O)c4ccccc4N[C@@H]1N3C2=O. The molecule has 12 rings (SSSR count). The van der Waals surface area contributed by atoms with Crippen molar-refractivity contribution in [2.24, 2.45) is 5.92 Å². The number of rotatable bonds is 3. The van der Waals surface area contributed by atoms with Crippen molar-refractivity contribution >= 4 is 88.0 Å². The van der Waals surface area contributed by atoms with Crippen LogP contribution in [0, 0.1) is 5.92 Å². The molecular weight excluding hydrogens is 741 g/mol. The van der Waals surface area contributed by atoms with Crippen LogP contribution in [0.15, 0.2) is 48.5 Å². The zero-order chi connectivity index (χ0) is 35.1. The zero-order valence-electron chi connectivity index (χ0n) is 27.0. The van der Waals surface area contributed by atoms with Crippen molar-refractivity contribution in [3.63, 3.8) is 0 Å². The number of benzene rings is 2. The van der Waals surface area contributed by atoms with Crippen molar-refractivity contribution in [2.45, 2.75) is 68.7 Å². The van der Waals surface area contributed by atoms with Gasteiger partial charge in [0.25, 0.3) is 23.6 Å². The fourth-order valence-electron chi connectivity index (χ4n) is 10.5. The van der Waals surface area contributed by atoms with Gasteiger partial charge in [-0.2, -0.15) is 0 Å². The Bertz CT molecular complexity index is 2000. The summed E-state index contributed by atoms with van der Waals surface area (Å²) in [7, 11) is 8.86. The summed E-state index contributed by atoms with van der Waals surface area (Å²) in [5.74, 6) is -2.23. The van der Waals surface area contributed by atoms with Crippen LogP contribution < -0.4 is 10.6 Å². The summed E-state index contributed by atoms with van der Waals surface area (Å²) in [5.41, 5.74) is -1.17. The van der Waals surface area contributed by atoms with Gasteiger partial charge in [-0.25, -0.2) is 0 Å². The van der Waals surface area contributed by atoms with Gasteiger partial charge in [0.15, 0.2) is 4.87 Å². The molecule has 2 spiro atoms. The number of nitrogens with one attached hydrogen (secondary N) is 2. The smallest absolute Gasteiger partial charge is 0.265 e. The number of aliphatic hydroxyl groups excluding tert-OH is 3. The molecule has 18 heteroatoms. The van der Waals surface area contributed by atoms with E-state index in [1.54, 1.807) is 13.1 Å². The summed E-state index contributed by atoms with van der Waals surface area (Å²) >= 11 is 0. The molecule has 262 valence electrons. The largest absolute Gasteiger partial charge is 0.392 e. The van der Waals surface area contributed by atoms with E-state index in [4.69, 9.17) is 0 Å². The van der Waals surface area contributed by atoms with Gasteiger partial charge in [-0.15, -0.1) is 0 Å². The monoisotopic (exact) mass is 772 g/mol. The van der Waals surface area contributed by atoms with E-state index in [9.17, 15) is 24.9 Å². The molecule has 2 aromatic rings. The number of nitrogens with zero attached hydrogens (tertiary/aromatic N) is 4. The molecule has 10 atom stereocenters. The molecule has 13 nitrogen and oxygen atoms in total. The highest BCUT2D eigenvalue weighted by atomic mass is 33.5. The second-order valence-electron chi connectivity index (χ2n) is 14.4. The number of anilines is 2. The minimum Gasteiger partial charge on any atom is -0.392 e. The fourth-order valence-corrected chi connectivity index (χ4v) is 20.5. The lowest BCUT2D eigenvalue weighted by atomic mass is 9.52. The van der Waals surface area contributed by atoms with Crippen molar-refractivity contribution < 1.29 is 34.5 Å². The van der Waals surface area contributed by atoms with E-state index >= 15 is 9.59 Å². The van der Waals surface area contributed by atoms with Crippen LogP contribution in [0.5, 0.6) is 0 Å². The Morgan fingerprint density at radius 2 is 1.20 bits per heavy atom. The Morgan fingerprint density at radius 3 is 1.74 bits per heavy atom. The second-order valence-corrected chi connectivity index (χ2v) is 21.4. The standard InChI is InChI=1S/C32H32N6O7S5/c1-14(2)30-26(45)38-22-29(16-10-6-8-12-18(16)34-22,20(41)32(38,49-50-48-30)25(44)36(30)4)28-15-9-5-7-11-17(15)33-21(28)37-23(42)27(13-39)35(3)24(43)31(37,19(28)40)47-46-27/h5-12,14,19-22,33-34,39-41H,13H2,1-4H3/t19-,20-,21-,22+,27-,28-,29+,30-,31-,32-/m0/s1. The molecule has 8 saturated heterocycles.